The van der Waals surface area contributed by atoms with Crippen molar-refractivity contribution in [3.8, 4) is 17.6 Å². The van der Waals surface area contributed by atoms with E-state index in [0.29, 0.717) is 36.8 Å². The number of nitriles is 1. The Labute approximate surface area is 175 Å². The smallest absolute Gasteiger partial charge is 0.325 e. The summed E-state index contributed by atoms with van der Waals surface area (Å²) in [7, 11) is 1.52. The summed E-state index contributed by atoms with van der Waals surface area (Å²) in [5, 5.41) is 11.6. The van der Waals surface area contributed by atoms with Gasteiger partial charge in [0, 0.05) is 25.1 Å². The van der Waals surface area contributed by atoms with E-state index in [1.54, 1.807) is 36.9 Å². The summed E-state index contributed by atoms with van der Waals surface area (Å²) in [6.45, 7) is 4.44. The van der Waals surface area contributed by atoms with Gasteiger partial charge in [-0.1, -0.05) is 0 Å². The number of urea groups is 1. The molecule has 30 heavy (non-hydrogen) atoms. The molecule has 2 aliphatic heterocycles. The van der Waals surface area contributed by atoms with Crippen molar-refractivity contribution >= 4 is 17.8 Å². The Morgan fingerprint density at radius 2 is 2.10 bits per heavy atom. The second-order valence-electron chi connectivity index (χ2n) is 8.08. The molecule has 4 amide bonds. The number of piperidine rings is 1. The summed E-state index contributed by atoms with van der Waals surface area (Å²) in [4.78, 5) is 39.7. The van der Waals surface area contributed by atoms with Crippen LogP contribution in [-0.2, 0) is 9.59 Å². The molecule has 160 valence electrons. The van der Waals surface area contributed by atoms with Gasteiger partial charge in [-0.3, -0.25) is 14.5 Å². The van der Waals surface area contributed by atoms with Gasteiger partial charge < -0.3 is 19.7 Å². The van der Waals surface area contributed by atoms with Crippen LogP contribution in [0.25, 0.3) is 0 Å². The number of amides is 4. The third kappa shape index (κ3) is 4.48. The number of rotatable bonds is 6. The lowest BCUT2D eigenvalue weighted by molar-refractivity contribution is -0.139. The van der Waals surface area contributed by atoms with Crippen LogP contribution in [0.4, 0.5) is 4.79 Å². The first-order chi connectivity index (χ1) is 14.2. The normalized spacial score (nSPS) is 20.5. The van der Waals surface area contributed by atoms with E-state index in [9.17, 15) is 14.4 Å². The maximum Gasteiger partial charge on any atom is 0.325 e. The van der Waals surface area contributed by atoms with Gasteiger partial charge >= 0.3 is 6.03 Å². The highest BCUT2D eigenvalue weighted by atomic mass is 16.5. The maximum absolute atomic E-state index is 12.7. The van der Waals surface area contributed by atoms with Gasteiger partial charge in [-0.2, -0.15) is 5.26 Å². The molecule has 0 saturated carbocycles. The first kappa shape index (κ1) is 21.4. The summed E-state index contributed by atoms with van der Waals surface area (Å²) in [5.41, 5.74) is -0.507. The largest absolute Gasteiger partial charge is 0.493 e. The van der Waals surface area contributed by atoms with Crippen molar-refractivity contribution in [2.24, 2.45) is 5.92 Å². The van der Waals surface area contributed by atoms with Crippen LogP contribution in [0.15, 0.2) is 18.2 Å². The number of benzene rings is 1. The molecule has 0 bridgehead atoms. The average molecular weight is 414 g/mol. The zero-order valence-electron chi connectivity index (χ0n) is 17.4. The molecule has 2 saturated heterocycles. The topological polar surface area (TPSA) is 112 Å². The molecule has 1 aromatic carbocycles. The number of imide groups is 1. The molecule has 2 aliphatic rings. The van der Waals surface area contributed by atoms with E-state index in [4.69, 9.17) is 14.7 Å². The fourth-order valence-electron chi connectivity index (χ4n) is 3.69. The highest BCUT2D eigenvalue weighted by molar-refractivity contribution is 6.08. The minimum atomic E-state index is -0.990. The van der Waals surface area contributed by atoms with E-state index >= 15 is 0 Å². The quantitative estimate of drug-likeness (QED) is 0.707. The lowest BCUT2D eigenvalue weighted by atomic mass is 9.99. The van der Waals surface area contributed by atoms with Crippen LogP contribution in [0.5, 0.6) is 11.5 Å². The van der Waals surface area contributed by atoms with Gasteiger partial charge in [0.1, 0.15) is 12.1 Å². The molecular formula is C21H26N4O5. The Bertz CT molecular complexity index is 892. The van der Waals surface area contributed by atoms with Crippen LogP contribution in [0.3, 0.4) is 0 Å². The van der Waals surface area contributed by atoms with Gasteiger partial charge in [-0.25, -0.2) is 4.79 Å². The van der Waals surface area contributed by atoms with Crippen LogP contribution >= 0.6 is 0 Å². The molecule has 3 rings (SSSR count). The fraction of sp³-hybridized carbons (Fsp3) is 0.524. The Morgan fingerprint density at radius 3 is 2.73 bits per heavy atom. The average Bonchev–Trinajstić information content (AvgIpc) is 2.93. The van der Waals surface area contributed by atoms with Crippen LogP contribution < -0.4 is 14.8 Å². The highest BCUT2D eigenvalue weighted by Crippen LogP contribution is 2.29. The number of carbonyl (C=O) groups excluding carboxylic acids is 3. The summed E-state index contributed by atoms with van der Waals surface area (Å²) >= 11 is 0. The summed E-state index contributed by atoms with van der Waals surface area (Å²) in [6, 6.07) is 6.49. The van der Waals surface area contributed by atoms with E-state index in [1.165, 1.54) is 7.11 Å². The number of methoxy groups -OCH3 is 1. The molecule has 2 fully saturated rings. The van der Waals surface area contributed by atoms with Gasteiger partial charge in [-0.05, 0) is 38.8 Å². The Balaban J connectivity index is 1.57. The van der Waals surface area contributed by atoms with Crippen molar-refractivity contribution in [2.45, 2.75) is 32.2 Å². The monoisotopic (exact) mass is 414 g/mol. The van der Waals surface area contributed by atoms with Crippen molar-refractivity contribution in [2.75, 3.05) is 33.4 Å². The molecule has 0 aromatic heterocycles. The molecule has 9 heteroatoms. The maximum atomic E-state index is 12.7. The number of nitrogens with one attached hydrogen (secondary N) is 1. The molecule has 0 aliphatic carbocycles. The molecule has 2 heterocycles. The molecule has 9 nitrogen and oxygen atoms in total. The molecule has 1 atom stereocenters. The second kappa shape index (κ2) is 8.61. The van der Waals surface area contributed by atoms with Gasteiger partial charge in [0.2, 0.25) is 5.91 Å². The number of ether oxygens (including phenoxy) is 2. The van der Waals surface area contributed by atoms with Gasteiger partial charge in [0.15, 0.2) is 11.5 Å². The van der Waals surface area contributed by atoms with Crippen LogP contribution in [0.2, 0.25) is 0 Å². The number of likely N-dealkylation sites (tertiary alicyclic amines) is 1. The molecule has 1 unspecified atom stereocenters. The minimum absolute atomic E-state index is 0.114. The molecule has 0 radical (unpaired) electrons. The first-order valence-corrected chi connectivity index (χ1v) is 9.88. The standard InChI is InChI=1S/C21H26N4O5/c1-21(2)19(27)25(20(28)23-21)12-18(26)24-8-4-5-15(11-24)13-30-16-7-6-14(10-22)9-17(16)29-3/h6-7,9,15H,4-5,8,11-13H2,1-3H3,(H,23,28). The summed E-state index contributed by atoms with van der Waals surface area (Å²) in [5.74, 6) is 0.491. The first-order valence-electron chi connectivity index (χ1n) is 9.88. The third-order valence-electron chi connectivity index (χ3n) is 5.38. The minimum Gasteiger partial charge on any atom is -0.493 e. The SMILES string of the molecule is COc1cc(C#N)ccc1OCC1CCCN(C(=O)CN2C(=O)NC(C)(C)C2=O)C1. The van der Waals surface area contributed by atoms with Gasteiger partial charge in [0.25, 0.3) is 5.91 Å². The number of hydrogen-bond acceptors (Lipinski definition) is 6. The Hall–Kier alpha value is -3.28. The van der Waals surface area contributed by atoms with E-state index in [0.717, 1.165) is 17.7 Å². The highest BCUT2D eigenvalue weighted by Gasteiger charge is 2.45. The number of carbonyl (C=O) groups is 3. The van der Waals surface area contributed by atoms with Crippen LogP contribution in [0, 0.1) is 17.2 Å². The van der Waals surface area contributed by atoms with Gasteiger partial charge in [0.05, 0.1) is 25.3 Å². The molecule has 1 N–H and O–H groups in total. The van der Waals surface area contributed by atoms with E-state index in [1.807, 2.05) is 0 Å². The van der Waals surface area contributed by atoms with Crippen molar-refractivity contribution in [3.05, 3.63) is 23.8 Å². The molecular weight excluding hydrogens is 388 g/mol. The number of nitrogens with zero attached hydrogens (tertiary/aromatic N) is 3. The second-order valence-corrected chi connectivity index (χ2v) is 8.08. The van der Waals surface area contributed by atoms with Crippen molar-refractivity contribution in [1.29, 1.82) is 5.26 Å². The zero-order chi connectivity index (χ0) is 21.9. The van der Waals surface area contributed by atoms with E-state index in [-0.39, 0.29) is 18.4 Å². The summed E-state index contributed by atoms with van der Waals surface area (Å²) in [6.07, 6.45) is 1.72. The third-order valence-corrected chi connectivity index (χ3v) is 5.38. The van der Waals surface area contributed by atoms with Crippen LogP contribution in [-0.4, -0.2) is 66.5 Å². The van der Waals surface area contributed by atoms with Crippen molar-refractivity contribution < 1.29 is 23.9 Å². The van der Waals surface area contributed by atoms with Crippen LogP contribution in [0.1, 0.15) is 32.3 Å². The predicted octanol–water partition coefficient (Wildman–Crippen LogP) is 1.51. The van der Waals surface area contributed by atoms with E-state index in [2.05, 4.69) is 11.4 Å². The Kier molecular flexibility index (Phi) is 6.15. The molecule has 1 aromatic rings. The lowest BCUT2D eigenvalue weighted by Gasteiger charge is -2.33. The fourth-order valence-corrected chi connectivity index (χ4v) is 3.69. The van der Waals surface area contributed by atoms with Crippen molar-refractivity contribution in [1.82, 2.24) is 15.1 Å². The molecule has 0 spiro atoms. The summed E-state index contributed by atoms with van der Waals surface area (Å²) < 4.78 is 11.2. The predicted molar refractivity (Wildman–Crippen MR) is 107 cm³/mol. The van der Waals surface area contributed by atoms with Crippen molar-refractivity contribution in [3.63, 3.8) is 0 Å². The van der Waals surface area contributed by atoms with Gasteiger partial charge in [-0.15, -0.1) is 0 Å². The Morgan fingerprint density at radius 1 is 1.33 bits per heavy atom. The van der Waals surface area contributed by atoms with E-state index < -0.39 is 17.5 Å². The lowest BCUT2D eigenvalue weighted by Crippen LogP contribution is -2.48. The zero-order valence-corrected chi connectivity index (χ0v) is 17.4. The number of hydrogen-bond donors (Lipinski definition) is 1.